The quantitative estimate of drug-likeness (QED) is 0.470. The highest BCUT2D eigenvalue weighted by molar-refractivity contribution is 7.17. The second-order valence-corrected chi connectivity index (χ2v) is 7.60. The monoisotopic (exact) mass is 392 g/mol. The van der Waals surface area contributed by atoms with Crippen molar-refractivity contribution in [3.63, 3.8) is 0 Å². The highest BCUT2D eigenvalue weighted by atomic mass is 32.1. The fourth-order valence-corrected chi connectivity index (χ4v) is 4.02. The van der Waals surface area contributed by atoms with Crippen molar-refractivity contribution >= 4 is 27.3 Å². The number of Topliss-reactive ketones (excluding diaryl/α,β-unsaturated/α-hetero) is 1. The lowest BCUT2D eigenvalue weighted by molar-refractivity contribution is 0.0970. The van der Waals surface area contributed by atoms with Crippen molar-refractivity contribution in [1.29, 1.82) is 0 Å². The zero-order valence-electron chi connectivity index (χ0n) is 15.4. The molecule has 0 atom stereocenters. The third-order valence-electron chi connectivity index (χ3n) is 4.84. The zero-order valence-corrected chi connectivity index (χ0v) is 16.2. The van der Waals surface area contributed by atoms with Gasteiger partial charge in [-0.25, -0.2) is 9.37 Å². The van der Waals surface area contributed by atoms with Crippen LogP contribution in [-0.4, -0.2) is 15.3 Å². The van der Waals surface area contributed by atoms with Gasteiger partial charge in [-0.2, -0.15) is 0 Å². The highest BCUT2D eigenvalue weighted by Gasteiger charge is 2.16. The summed E-state index contributed by atoms with van der Waals surface area (Å²) in [6, 6.07) is 11.5. The second kappa shape index (κ2) is 7.13. The van der Waals surface area contributed by atoms with Crippen molar-refractivity contribution in [2.24, 2.45) is 0 Å². The molecule has 2 aromatic carbocycles. The smallest absolute Gasteiger partial charge is 0.263 e. The van der Waals surface area contributed by atoms with Gasteiger partial charge in [-0.15, -0.1) is 11.3 Å². The van der Waals surface area contributed by atoms with Gasteiger partial charge in [0, 0.05) is 16.5 Å². The maximum atomic E-state index is 13.4. The lowest BCUT2D eigenvalue weighted by atomic mass is 10.0. The van der Waals surface area contributed by atoms with E-state index < -0.39 is 5.82 Å². The number of nitrogens with zero attached hydrogens (tertiary/aromatic N) is 2. The Balaban J connectivity index is 1.77. The predicted octanol–water partition coefficient (Wildman–Crippen LogP) is 4.76. The second-order valence-electron chi connectivity index (χ2n) is 6.74. The molecule has 0 N–H and O–H groups in total. The Morgan fingerprint density at radius 3 is 2.71 bits per heavy atom. The van der Waals surface area contributed by atoms with Gasteiger partial charge in [0.2, 0.25) is 0 Å². The zero-order chi connectivity index (χ0) is 19.8. The number of carbonyl (C=O) groups excluding carboxylic acids is 1. The van der Waals surface area contributed by atoms with Gasteiger partial charge in [0.25, 0.3) is 5.56 Å². The number of benzene rings is 2. The van der Waals surface area contributed by atoms with Crippen LogP contribution in [-0.2, 0) is 6.54 Å². The van der Waals surface area contributed by atoms with Crippen LogP contribution in [0, 0.1) is 19.7 Å². The molecule has 4 rings (SSSR count). The normalized spacial score (nSPS) is 11.1. The van der Waals surface area contributed by atoms with Crippen LogP contribution in [0.25, 0.3) is 21.3 Å². The van der Waals surface area contributed by atoms with Crippen molar-refractivity contribution in [2.75, 3.05) is 0 Å². The standard InChI is InChI=1S/C22H17FN2O2S/c1-13-6-7-15(8-14(13)2)18-11-28-21-20(18)22(27)25(12-24-21)10-19(26)16-4-3-5-17(23)9-16/h3-9,11-12H,10H2,1-2H3. The molecule has 0 spiro atoms. The van der Waals surface area contributed by atoms with E-state index >= 15 is 0 Å². The lowest BCUT2D eigenvalue weighted by Gasteiger charge is -2.07. The molecule has 0 bridgehead atoms. The van der Waals surface area contributed by atoms with Crippen molar-refractivity contribution in [3.05, 3.63) is 87.0 Å². The summed E-state index contributed by atoms with van der Waals surface area (Å²) in [6.07, 6.45) is 1.38. The van der Waals surface area contributed by atoms with Crippen LogP contribution in [0.15, 0.2) is 59.0 Å². The first-order chi connectivity index (χ1) is 13.4. The highest BCUT2D eigenvalue weighted by Crippen LogP contribution is 2.31. The Labute approximate surface area is 164 Å². The van der Waals surface area contributed by atoms with E-state index in [-0.39, 0.29) is 23.5 Å². The van der Waals surface area contributed by atoms with Crippen LogP contribution < -0.4 is 5.56 Å². The van der Waals surface area contributed by atoms with Gasteiger partial charge in [0.05, 0.1) is 18.3 Å². The molecule has 4 aromatic rings. The van der Waals surface area contributed by atoms with Gasteiger partial charge in [-0.3, -0.25) is 14.2 Å². The largest absolute Gasteiger partial charge is 0.292 e. The van der Waals surface area contributed by atoms with Crippen LogP contribution in [0.3, 0.4) is 0 Å². The molecule has 140 valence electrons. The van der Waals surface area contributed by atoms with Crippen LogP contribution in [0.1, 0.15) is 21.5 Å². The van der Waals surface area contributed by atoms with Crippen molar-refractivity contribution < 1.29 is 9.18 Å². The number of rotatable bonds is 4. The van der Waals surface area contributed by atoms with Crippen LogP contribution >= 0.6 is 11.3 Å². The molecule has 0 aliphatic rings. The van der Waals surface area contributed by atoms with E-state index in [4.69, 9.17) is 0 Å². The minimum atomic E-state index is -0.485. The van der Waals surface area contributed by atoms with Crippen molar-refractivity contribution in [3.8, 4) is 11.1 Å². The number of halogens is 1. The van der Waals surface area contributed by atoms with Gasteiger partial charge in [0.1, 0.15) is 10.6 Å². The van der Waals surface area contributed by atoms with Crippen molar-refractivity contribution in [1.82, 2.24) is 9.55 Å². The number of carbonyl (C=O) groups is 1. The van der Waals surface area contributed by atoms with E-state index in [1.54, 1.807) is 0 Å². The van der Waals surface area contributed by atoms with E-state index in [1.807, 2.05) is 37.4 Å². The van der Waals surface area contributed by atoms with E-state index in [1.165, 1.54) is 52.1 Å². The molecule has 0 saturated carbocycles. The molecule has 2 heterocycles. The average Bonchev–Trinajstić information content (AvgIpc) is 3.11. The lowest BCUT2D eigenvalue weighted by Crippen LogP contribution is -2.24. The van der Waals surface area contributed by atoms with Gasteiger partial charge < -0.3 is 0 Å². The summed E-state index contributed by atoms with van der Waals surface area (Å²) >= 11 is 1.40. The van der Waals surface area contributed by atoms with Crippen LogP contribution in [0.5, 0.6) is 0 Å². The molecule has 6 heteroatoms. The van der Waals surface area contributed by atoms with E-state index in [9.17, 15) is 14.0 Å². The molecule has 0 fully saturated rings. The minimum absolute atomic E-state index is 0.187. The predicted molar refractivity (Wildman–Crippen MR) is 110 cm³/mol. The third kappa shape index (κ3) is 3.27. The molecular weight excluding hydrogens is 375 g/mol. The molecule has 0 aliphatic carbocycles. The molecular formula is C22H17FN2O2S. The first-order valence-corrected chi connectivity index (χ1v) is 9.65. The Kier molecular flexibility index (Phi) is 4.65. The molecule has 0 radical (unpaired) electrons. The number of fused-ring (bicyclic) bond motifs is 1. The van der Waals surface area contributed by atoms with Crippen molar-refractivity contribution in [2.45, 2.75) is 20.4 Å². The molecule has 0 aliphatic heterocycles. The number of aryl methyl sites for hydroxylation is 2. The van der Waals surface area contributed by atoms with E-state index in [2.05, 4.69) is 4.98 Å². The molecule has 0 saturated heterocycles. The summed E-state index contributed by atoms with van der Waals surface area (Å²) in [6.45, 7) is 3.88. The fraction of sp³-hybridized carbons (Fsp3) is 0.136. The number of hydrogen-bond donors (Lipinski definition) is 0. The maximum Gasteiger partial charge on any atom is 0.263 e. The summed E-state index contributed by atoms with van der Waals surface area (Å²) in [7, 11) is 0. The third-order valence-corrected chi connectivity index (χ3v) is 5.73. The maximum absolute atomic E-state index is 13.4. The molecule has 0 unspecified atom stereocenters. The molecule has 2 aromatic heterocycles. The summed E-state index contributed by atoms with van der Waals surface area (Å²) in [5.74, 6) is -0.827. The summed E-state index contributed by atoms with van der Waals surface area (Å²) < 4.78 is 14.7. The first-order valence-electron chi connectivity index (χ1n) is 8.77. The number of aromatic nitrogens is 2. The number of hydrogen-bond acceptors (Lipinski definition) is 4. The summed E-state index contributed by atoms with van der Waals surface area (Å²) in [4.78, 5) is 30.5. The minimum Gasteiger partial charge on any atom is -0.292 e. The Hall–Kier alpha value is -3.12. The van der Waals surface area contributed by atoms with Gasteiger partial charge in [-0.1, -0.05) is 30.3 Å². The number of thiophene rings is 1. The Morgan fingerprint density at radius 1 is 1.14 bits per heavy atom. The first kappa shape index (κ1) is 18.3. The molecule has 0 amide bonds. The van der Waals surface area contributed by atoms with Crippen LogP contribution in [0.2, 0.25) is 0 Å². The van der Waals surface area contributed by atoms with E-state index in [0.29, 0.717) is 10.2 Å². The SMILES string of the molecule is Cc1ccc(-c2csc3ncn(CC(=O)c4cccc(F)c4)c(=O)c23)cc1C. The van der Waals surface area contributed by atoms with E-state index in [0.717, 1.165) is 16.7 Å². The Morgan fingerprint density at radius 2 is 1.96 bits per heavy atom. The van der Waals surface area contributed by atoms with Gasteiger partial charge >= 0.3 is 0 Å². The average molecular weight is 392 g/mol. The Bertz CT molecular complexity index is 1270. The molecule has 4 nitrogen and oxygen atoms in total. The fourth-order valence-electron chi connectivity index (χ4n) is 3.11. The van der Waals surface area contributed by atoms with Crippen LogP contribution in [0.4, 0.5) is 4.39 Å². The molecule has 28 heavy (non-hydrogen) atoms. The number of ketones is 1. The summed E-state index contributed by atoms with van der Waals surface area (Å²) in [5, 5.41) is 2.42. The van der Waals surface area contributed by atoms with Gasteiger partial charge in [-0.05, 0) is 42.7 Å². The summed E-state index contributed by atoms with van der Waals surface area (Å²) in [5.41, 5.74) is 4.04. The van der Waals surface area contributed by atoms with Gasteiger partial charge in [0.15, 0.2) is 5.78 Å². The topological polar surface area (TPSA) is 52.0 Å².